The standard InChI is InChI=1S/C25H18N4O/c30-25-23(28-24-21-11-5-4-8-18(21)13-15-27-24)16-19(22-12-6-7-14-26-22)17-29(25)20-9-2-1-3-10-20/h1-17H,(H,27,28). The maximum Gasteiger partial charge on any atom is 0.278 e. The van der Waals surface area contributed by atoms with Crippen molar-refractivity contribution in [1.82, 2.24) is 14.5 Å². The van der Waals surface area contributed by atoms with Crippen molar-refractivity contribution in [2.24, 2.45) is 0 Å². The lowest BCUT2D eigenvalue weighted by Crippen LogP contribution is -2.21. The van der Waals surface area contributed by atoms with Crippen LogP contribution in [0.2, 0.25) is 0 Å². The van der Waals surface area contributed by atoms with Crippen molar-refractivity contribution in [3.63, 3.8) is 0 Å². The van der Waals surface area contributed by atoms with Crippen molar-refractivity contribution < 1.29 is 0 Å². The fraction of sp³-hybridized carbons (Fsp3) is 0. The lowest BCUT2D eigenvalue weighted by molar-refractivity contribution is 0.992. The zero-order chi connectivity index (χ0) is 20.3. The number of hydrogen-bond acceptors (Lipinski definition) is 4. The van der Waals surface area contributed by atoms with Gasteiger partial charge in [-0.2, -0.15) is 0 Å². The lowest BCUT2D eigenvalue weighted by atomic mass is 10.1. The Hall–Kier alpha value is -4.25. The summed E-state index contributed by atoms with van der Waals surface area (Å²) in [6.07, 6.45) is 5.30. The van der Waals surface area contributed by atoms with Gasteiger partial charge in [-0.05, 0) is 41.8 Å². The Kier molecular flexibility index (Phi) is 4.54. The summed E-state index contributed by atoms with van der Waals surface area (Å²) >= 11 is 0. The van der Waals surface area contributed by atoms with Crippen LogP contribution in [-0.2, 0) is 0 Å². The van der Waals surface area contributed by atoms with E-state index in [1.807, 2.05) is 91.1 Å². The van der Waals surface area contributed by atoms with Crippen molar-refractivity contribution in [2.45, 2.75) is 0 Å². The molecule has 5 aromatic rings. The minimum Gasteiger partial charge on any atom is -0.335 e. The molecule has 0 unspecified atom stereocenters. The van der Waals surface area contributed by atoms with Crippen molar-refractivity contribution in [3.8, 4) is 16.9 Å². The summed E-state index contributed by atoms with van der Waals surface area (Å²) in [6, 6.07) is 27.0. The predicted octanol–water partition coefficient (Wildman–Crippen LogP) is 5.19. The van der Waals surface area contributed by atoms with Gasteiger partial charge in [-0.3, -0.25) is 14.3 Å². The quantitative estimate of drug-likeness (QED) is 0.459. The molecule has 5 nitrogen and oxygen atoms in total. The van der Waals surface area contributed by atoms with Crippen LogP contribution in [-0.4, -0.2) is 14.5 Å². The van der Waals surface area contributed by atoms with Gasteiger partial charge in [0.2, 0.25) is 0 Å². The highest BCUT2D eigenvalue weighted by atomic mass is 16.1. The molecule has 0 aliphatic carbocycles. The van der Waals surface area contributed by atoms with Gasteiger partial charge in [0.25, 0.3) is 5.56 Å². The van der Waals surface area contributed by atoms with Gasteiger partial charge in [0, 0.05) is 35.2 Å². The molecule has 3 aromatic heterocycles. The minimum atomic E-state index is -0.157. The summed E-state index contributed by atoms with van der Waals surface area (Å²) in [5.41, 5.74) is 2.69. The zero-order valence-electron chi connectivity index (χ0n) is 16.1. The third-order valence-electron chi connectivity index (χ3n) is 4.94. The maximum atomic E-state index is 13.3. The van der Waals surface area contributed by atoms with Crippen LogP contribution in [0.1, 0.15) is 0 Å². The Bertz CT molecular complexity index is 1370. The maximum absolute atomic E-state index is 13.3. The highest BCUT2D eigenvalue weighted by Crippen LogP contribution is 2.25. The second-order valence-electron chi connectivity index (χ2n) is 6.87. The van der Waals surface area contributed by atoms with Crippen LogP contribution in [0.3, 0.4) is 0 Å². The van der Waals surface area contributed by atoms with E-state index >= 15 is 0 Å². The largest absolute Gasteiger partial charge is 0.335 e. The molecule has 5 rings (SSSR count). The number of hydrogen-bond donors (Lipinski definition) is 1. The van der Waals surface area contributed by atoms with Crippen LogP contribution in [0.15, 0.2) is 108 Å². The van der Waals surface area contributed by atoms with E-state index in [1.165, 1.54) is 0 Å². The summed E-state index contributed by atoms with van der Waals surface area (Å²) < 4.78 is 1.64. The summed E-state index contributed by atoms with van der Waals surface area (Å²) in [5, 5.41) is 5.27. The van der Waals surface area contributed by atoms with Crippen molar-refractivity contribution >= 4 is 22.3 Å². The van der Waals surface area contributed by atoms with Gasteiger partial charge in [-0.25, -0.2) is 4.98 Å². The van der Waals surface area contributed by atoms with Gasteiger partial charge in [0.15, 0.2) is 0 Å². The molecule has 0 fully saturated rings. The number of aromatic nitrogens is 3. The molecule has 0 radical (unpaired) electrons. The number of nitrogens with one attached hydrogen (secondary N) is 1. The van der Waals surface area contributed by atoms with Gasteiger partial charge in [-0.1, -0.05) is 48.5 Å². The Morgan fingerprint density at radius 3 is 2.40 bits per heavy atom. The Balaban J connectivity index is 1.70. The first kappa shape index (κ1) is 17.8. The molecule has 0 aliphatic heterocycles. The lowest BCUT2D eigenvalue weighted by Gasteiger charge is -2.14. The van der Waals surface area contributed by atoms with Crippen molar-refractivity contribution in [1.29, 1.82) is 0 Å². The van der Waals surface area contributed by atoms with Gasteiger partial charge in [0.1, 0.15) is 11.5 Å². The fourth-order valence-corrected chi connectivity index (χ4v) is 3.47. The Morgan fingerprint density at radius 2 is 1.57 bits per heavy atom. The average Bonchev–Trinajstić information content (AvgIpc) is 2.82. The monoisotopic (exact) mass is 390 g/mol. The van der Waals surface area contributed by atoms with E-state index < -0.39 is 0 Å². The SMILES string of the molecule is O=c1c(Nc2nccc3ccccc23)cc(-c2ccccn2)cn1-c1ccccc1. The van der Waals surface area contributed by atoms with Crippen LogP contribution in [0, 0.1) is 0 Å². The summed E-state index contributed by atoms with van der Waals surface area (Å²) in [5.74, 6) is 0.642. The molecule has 0 saturated carbocycles. The molecule has 30 heavy (non-hydrogen) atoms. The molecule has 0 aliphatic rings. The number of anilines is 2. The Morgan fingerprint density at radius 1 is 0.767 bits per heavy atom. The molecule has 0 amide bonds. The third kappa shape index (κ3) is 3.33. The molecule has 0 bridgehead atoms. The average molecular weight is 390 g/mol. The molecular formula is C25H18N4O. The van der Waals surface area contributed by atoms with Crippen LogP contribution in [0.5, 0.6) is 0 Å². The number of pyridine rings is 3. The summed E-state index contributed by atoms with van der Waals surface area (Å²) in [6.45, 7) is 0. The second kappa shape index (κ2) is 7.64. The van der Waals surface area contributed by atoms with Crippen LogP contribution < -0.4 is 10.9 Å². The third-order valence-corrected chi connectivity index (χ3v) is 4.94. The van der Waals surface area contributed by atoms with Gasteiger partial charge in [0.05, 0.1) is 5.69 Å². The van der Waals surface area contributed by atoms with Crippen LogP contribution in [0.4, 0.5) is 11.5 Å². The minimum absolute atomic E-state index is 0.157. The predicted molar refractivity (Wildman–Crippen MR) is 120 cm³/mol. The van der Waals surface area contributed by atoms with E-state index in [1.54, 1.807) is 17.0 Å². The number of fused-ring (bicyclic) bond motifs is 1. The molecule has 2 aromatic carbocycles. The van der Waals surface area contributed by atoms with Gasteiger partial charge >= 0.3 is 0 Å². The molecular weight excluding hydrogens is 372 g/mol. The van der Waals surface area contributed by atoms with Crippen molar-refractivity contribution in [2.75, 3.05) is 5.32 Å². The Labute approximate surface area is 173 Å². The first-order valence-electron chi connectivity index (χ1n) is 9.64. The van der Waals surface area contributed by atoms with E-state index in [0.29, 0.717) is 11.5 Å². The number of para-hydroxylation sites is 1. The first-order valence-corrected chi connectivity index (χ1v) is 9.64. The van der Waals surface area contributed by atoms with Gasteiger partial charge in [-0.15, -0.1) is 0 Å². The van der Waals surface area contributed by atoms with Crippen LogP contribution >= 0.6 is 0 Å². The summed E-state index contributed by atoms with van der Waals surface area (Å²) in [7, 11) is 0. The van der Waals surface area contributed by atoms with E-state index in [-0.39, 0.29) is 5.56 Å². The first-order chi connectivity index (χ1) is 14.8. The number of nitrogens with zero attached hydrogens (tertiary/aromatic N) is 3. The molecule has 5 heteroatoms. The number of benzene rings is 2. The van der Waals surface area contributed by atoms with E-state index in [2.05, 4.69) is 15.3 Å². The van der Waals surface area contributed by atoms with Crippen molar-refractivity contribution in [3.05, 3.63) is 114 Å². The highest BCUT2D eigenvalue weighted by molar-refractivity contribution is 5.93. The van der Waals surface area contributed by atoms with Crippen LogP contribution in [0.25, 0.3) is 27.7 Å². The zero-order valence-corrected chi connectivity index (χ0v) is 16.1. The topological polar surface area (TPSA) is 59.8 Å². The van der Waals surface area contributed by atoms with E-state index in [9.17, 15) is 4.79 Å². The molecule has 0 atom stereocenters. The molecule has 0 spiro atoms. The molecule has 144 valence electrons. The number of rotatable bonds is 4. The molecule has 0 saturated heterocycles. The molecule has 3 heterocycles. The highest BCUT2D eigenvalue weighted by Gasteiger charge is 2.12. The molecule has 1 N–H and O–H groups in total. The fourth-order valence-electron chi connectivity index (χ4n) is 3.47. The van der Waals surface area contributed by atoms with E-state index in [0.717, 1.165) is 27.7 Å². The van der Waals surface area contributed by atoms with E-state index in [4.69, 9.17) is 0 Å². The normalized spacial score (nSPS) is 10.8. The van der Waals surface area contributed by atoms with Gasteiger partial charge < -0.3 is 5.32 Å². The second-order valence-corrected chi connectivity index (χ2v) is 6.87. The smallest absolute Gasteiger partial charge is 0.278 e. The summed E-state index contributed by atoms with van der Waals surface area (Å²) in [4.78, 5) is 22.3.